The molecule has 1 fully saturated rings. The SMILES string of the molecule is CNCCN(c1cc(N)c(C(=Nc2ccc(Br)cc2)C(=O)NC)cc1C1CC1)S(=O)O. The molecule has 1 amide bonds. The van der Waals surface area contributed by atoms with Gasteiger partial charge in [-0.05, 0) is 67.8 Å². The zero-order valence-electron chi connectivity index (χ0n) is 17.4. The summed E-state index contributed by atoms with van der Waals surface area (Å²) in [6.45, 7) is 0.875. The molecule has 0 aromatic heterocycles. The Morgan fingerprint density at radius 1 is 1.29 bits per heavy atom. The number of nitrogen functional groups attached to an aromatic ring is 1. The molecule has 1 aliphatic rings. The Labute approximate surface area is 192 Å². The lowest BCUT2D eigenvalue weighted by atomic mass is 9.98. The maximum Gasteiger partial charge on any atom is 0.270 e. The van der Waals surface area contributed by atoms with Gasteiger partial charge in [-0.15, -0.1) is 0 Å². The molecule has 0 bridgehead atoms. The molecule has 0 saturated heterocycles. The summed E-state index contributed by atoms with van der Waals surface area (Å²) in [6, 6.07) is 10.8. The summed E-state index contributed by atoms with van der Waals surface area (Å²) in [5.41, 5.74) is 9.50. The average molecular weight is 508 g/mol. The van der Waals surface area contributed by atoms with Crippen LogP contribution in [0.1, 0.15) is 29.9 Å². The van der Waals surface area contributed by atoms with Crippen molar-refractivity contribution in [3.05, 3.63) is 52.0 Å². The highest BCUT2D eigenvalue weighted by atomic mass is 79.9. The Hall–Kier alpha value is -2.27. The van der Waals surface area contributed by atoms with Gasteiger partial charge in [-0.1, -0.05) is 15.9 Å². The van der Waals surface area contributed by atoms with Crippen LogP contribution < -0.4 is 20.7 Å². The van der Waals surface area contributed by atoms with Crippen LogP contribution in [0.2, 0.25) is 0 Å². The van der Waals surface area contributed by atoms with E-state index in [-0.39, 0.29) is 17.5 Å². The number of nitrogens with two attached hydrogens (primary N) is 1. The normalized spacial score (nSPS) is 14.9. The summed E-state index contributed by atoms with van der Waals surface area (Å²) in [5, 5.41) is 5.62. The minimum Gasteiger partial charge on any atom is -0.398 e. The fourth-order valence-corrected chi connectivity index (χ4v) is 4.09. The Morgan fingerprint density at radius 3 is 2.52 bits per heavy atom. The van der Waals surface area contributed by atoms with Crippen molar-refractivity contribution in [1.29, 1.82) is 0 Å². The molecule has 1 aliphatic carbocycles. The van der Waals surface area contributed by atoms with Gasteiger partial charge < -0.3 is 16.4 Å². The van der Waals surface area contributed by atoms with E-state index in [1.54, 1.807) is 32.3 Å². The number of anilines is 2. The van der Waals surface area contributed by atoms with Crippen molar-refractivity contribution >= 4 is 55.9 Å². The Morgan fingerprint density at radius 2 is 1.97 bits per heavy atom. The number of hydrogen-bond acceptors (Lipinski definition) is 5. The summed E-state index contributed by atoms with van der Waals surface area (Å²) in [5.74, 6) is -0.101. The number of nitrogens with zero attached hydrogens (tertiary/aromatic N) is 2. The van der Waals surface area contributed by atoms with Gasteiger partial charge in [-0.25, -0.2) is 9.20 Å². The number of nitrogens with one attached hydrogen (secondary N) is 2. The summed E-state index contributed by atoms with van der Waals surface area (Å²) in [6.07, 6.45) is 1.96. The summed E-state index contributed by atoms with van der Waals surface area (Å²) in [4.78, 5) is 17.2. The van der Waals surface area contributed by atoms with Crippen LogP contribution in [-0.2, 0) is 16.1 Å². The monoisotopic (exact) mass is 507 g/mol. The summed E-state index contributed by atoms with van der Waals surface area (Å²) < 4.78 is 24.2. The number of benzene rings is 2. The number of hydrogen-bond donors (Lipinski definition) is 4. The van der Waals surface area contributed by atoms with Gasteiger partial charge in [0.1, 0.15) is 5.71 Å². The van der Waals surface area contributed by atoms with E-state index in [1.165, 1.54) is 4.31 Å². The number of aliphatic imine (C=N–C) groups is 1. The van der Waals surface area contributed by atoms with Crippen LogP contribution in [0.5, 0.6) is 0 Å². The maximum absolute atomic E-state index is 12.7. The number of halogens is 1. The van der Waals surface area contributed by atoms with Gasteiger partial charge in [0.25, 0.3) is 17.2 Å². The second-order valence-corrected chi connectivity index (χ2v) is 9.04. The van der Waals surface area contributed by atoms with E-state index in [0.717, 1.165) is 22.9 Å². The van der Waals surface area contributed by atoms with Crippen LogP contribution in [0.15, 0.2) is 45.9 Å². The molecule has 5 N–H and O–H groups in total. The molecule has 8 nitrogen and oxygen atoms in total. The standard InChI is InChI=1S/C21H26BrN5O3S/c1-24-9-10-27(31(29)30)19-12-18(23)17(11-16(19)13-3-4-13)20(21(28)25-2)26-15-7-5-14(22)6-8-15/h5-8,11-13,24H,3-4,9-10,23H2,1-2H3,(H,25,28)(H,29,30). The van der Waals surface area contributed by atoms with Crippen LogP contribution in [0.3, 0.4) is 0 Å². The van der Waals surface area contributed by atoms with Crippen LogP contribution in [0, 0.1) is 0 Å². The number of likely N-dealkylation sites (N-methyl/N-ethyl adjacent to an activating group) is 2. The maximum atomic E-state index is 12.7. The summed E-state index contributed by atoms with van der Waals surface area (Å²) >= 11 is 1.19. The van der Waals surface area contributed by atoms with Crippen LogP contribution >= 0.6 is 15.9 Å². The first-order chi connectivity index (χ1) is 14.8. The molecule has 0 radical (unpaired) electrons. The van der Waals surface area contributed by atoms with Gasteiger partial charge >= 0.3 is 0 Å². The molecule has 2 aromatic rings. The number of amides is 1. The lowest BCUT2D eigenvalue weighted by Gasteiger charge is -2.24. The number of carbonyl (C=O) groups is 1. The molecular weight excluding hydrogens is 482 g/mol. The van der Waals surface area contributed by atoms with E-state index in [9.17, 15) is 13.6 Å². The van der Waals surface area contributed by atoms with Crippen LogP contribution in [-0.4, -0.2) is 47.6 Å². The van der Waals surface area contributed by atoms with E-state index in [4.69, 9.17) is 5.73 Å². The number of carbonyl (C=O) groups excluding carboxylic acids is 1. The Balaban J connectivity index is 2.12. The molecule has 10 heteroatoms. The van der Waals surface area contributed by atoms with E-state index in [0.29, 0.717) is 35.7 Å². The quantitative estimate of drug-likeness (QED) is 0.236. The van der Waals surface area contributed by atoms with E-state index in [1.807, 2.05) is 18.2 Å². The molecule has 3 rings (SSSR count). The highest BCUT2D eigenvalue weighted by Gasteiger charge is 2.31. The largest absolute Gasteiger partial charge is 0.398 e. The van der Waals surface area contributed by atoms with Crippen molar-refractivity contribution in [1.82, 2.24) is 10.6 Å². The lowest BCUT2D eigenvalue weighted by Crippen LogP contribution is -2.33. The number of rotatable bonds is 9. The lowest BCUT2D eigenvalue weighted by molar-refractivity contribution is -0.114. The third-order valence-electron chi connectivity index (χ3n) is 5.00. The van der Waals surface area contributed by atoms with Crippen molar-refractivity contribution < 1.29 is 13.6 Å². The predicted molar refractivity (Wildman–Crippen MR) is 129 cm³/mol. The average Bonchev–Trinajstić information content (AvgIpc) is 3.58. The molecule has 1 unspecified atom stereocenters. The molecule has 31 heavy (non-hydrogen) atoms. The van der Waals surface area contributed by atoms with Gasteiger partial charge in [0, 0.05) is 35.9 Å². The molecule has 0 aliphatic heterocycles. The van der Waals surface area contributed by atoms with E-state index in [2.05, 4.69) is 31.6 Å². The third kappa shape index (κ3) is 5.70. The van der Waals surface area contributed by atoms with Crippen LogP contribution in [0.4, 0.5) is 17.1 Å². The predicted octanol–water partition coefficient (Wildman–Crippen LogP) is 2.94. The van der Waals surface area contributed by atoms with Gasteiger partial charge in [-0.2, -0.15) is 0 Å². The van der Waals surface area contributed by atoms with Crippen LogP contribution in [0.25, 0.3) is 0 Å². The summed E-state index contributed by atoms with van der Waals surface area (Å²) in [7, 11) is 3.33. The molecule has 2 aromatic carbocycles. The zero-order valence-corrected chi connectivity index (χ0v) is 19.8. The Bertz CT molecular complexity index is 1010. The second kappa shape index (κ2) is 10.4. The van der Waals surface area contributed by atoms with Crippen molar-refractivity contribution in [3.63, 3.8) is 0 Å². The smallest absolute Gasteiger partial charge is 0.270 e. The topological polar surface area (TPSA) is 120 Å². The molecular formula is C21H26BrN5O3S. The van der Waals surface area contributed by atoms with E-state index < -0.39 is 11.3 Å². The molecule has 0 heterocycles. The first-order valence-electron chi connectivity index (χ1n) is 9.89. The van der Waals surface area contributed by atoms with Crippen molar-refractivity contribution in [2.24, 2.45) is 4.99 Å². The van der Waals surface area contributed by atoms with Gasteiger partial charge in [0.05, 0.1) is 11.4 Å². The molecule has 166 valence electrons. The van der Waals surface area contributed by atoms with Crippen molar-refractivity contribution in [3.8, 4) is 0 Å². The van der Waals surface area contributed by atoms with E-state index >= 15 is 0 Å². The van der Waals surface area contributed by atoms with Crippen molar-refractivity contribution in [2.45, 2.75) is 18.8 Å². The van der Waals surface area contributed by atoms with Gasteiger partial charge in [0.2, 0.25) is 0 Å². The zero-order chi connectivity index (χ0) is 22.5. The first kappa shape index (κ1) is 23.4. The second-order valence-electron chi connectivity index (χ2n) is 7.22. The first-order valence-corrected chi connectivity index (χ1v) is 11.7. The Kier molecular flexibility index (Phi) is 7.82. The third-order valence-corrected chi connectivity index (χ3v) is 6.29. The minimum atomic E-state index is -2.20. The highest BCUT2D eigenvalue weighted by Crippen LogP contribution is 2.46. The van der Waals surface area contributed by atoms with Gasteiger partial charge in [0.15, 0.2) is 0 Å². The fraction of sp³-hybridized carbons (Fsp3) is 0.333. The molecule has 0 spiro atoms. The fourth-order valence-electron chi connectivity index (χ4n) is 3.26. The minimum absolute atomic E-state index is 0.197. The van der Waals surface area contributed by atoms with Gasteiger partial charge in [-0.3, -0.25) is 13.7 Å². The van der Waals surface area contributed by atoms with Crippen molar-refractivity contribution in [2.75, 3.05) is 37.2 Å². The molecule has 1 saturated carbocycles. The highest BCUT2D eigenvalue weighted by molar-refractivity contribution is 9.10. The molecule has 1 atom stereocenters.